The lowest BCUT2D eigenvalue weighted by atomic mass is 10.1. The Labute approximate surface area is 114 Å². The number of benzene rings is 1. The van der Waals surface area contributed by atoms with Gasteiger partial charge in [-0.25, -0.2) is 14.4 Å². The average Bonchev–Trinajstić information content (AvgIpc) is 2.39. The first-order valence-electron chi connectivity index (χ1n) is 5.45. The number of aromatic nitrogens is 2. The minimum atomic E-state index is -0.671. The van der Waals surface area contributed by atoms with Gasteiger partial charge in [-0.3, -0.25) is 4.79 Å². The van der Waals surface area contributed by atoms with E-state index >= 15 is 0 Å². The summed E-state index contributed by atoms with van der Waals surface area (Å²) >= 11 is 5.63. The summed E-state index contributed by atoms with van der Waals surface area (Å²) in [5, 5.41) is 0.0522. The van der Waals surface area contributed by atoms with Crippen LogP contribution in [-0.4, -0.2) is 22.9 Å². The maximum atomic E-state index is 13.9. The highest BCUT2D eigenvalue weighted by Gasteiger charge is 2.16. The fourth-order valence-corrected chi connectivity index (χ4v) is 1.78. The molecule has 0 amide bonds. The highest BCUT2D eigenvalue weighted by atomic mass is 35.5. The Morgan fingerprint density at radius 2 is 2.21 bits per heavy atom. The Kier molecular flexibility index (Phi) is 4.06. The number of methoxy groups -OCH3 is 1. The van der Waals surface area contributed by atoms with Gasteiger partial charge in [-0.1, -0.05) is 6.07 Å². The molecule has 0 radical (unpaired) electrons. The van der Waals surface area contributed by atoms with Crippen LogP contribution in [0.2, 0.25) is 5.28 Å². The zero-order valence-corrected chi connectivity index (χ0v) is 10.8. The van der Waals surface area contributed by atoms with Gasteiger partial charge in [0, 0.05) is 6.20 Å². The van der Waals surface area contributed by atoms with Crippen molar-refractivity contribution in [3.63, 3.8) is 0 Å². The molecule has 19 heavy (non-hydrogen) atoms. The summed E-state index contributed by atoms with van der Waals surface area (Å²) in [7, 11) is 1.34. The second-order valence-corrected chi connectivity index (χ2v) is 4.08. The van der Waals surface area contributed by atoms with Crippen LogP contribution in [-0.2, 0) is 6.42 Å². The number of nitrogens with zero attached hydrogens (tertiary/aromatic N) is 2. The van der Waals surface area contributed by atoms with Gasteiger partial charge in [-0.05, 0) is 29.8 Å². The summed E-state index contributed by atoms with van der Waals surface area (Å²) in [6.45, 7) is 0. The van der Waals surface area contributed by atoms with Crippen LogP contribution in [0.25, 0.3) is 0 Å². The van der Waals surface area contributed by atoms with E-state index in [1.165, 1.54) is 25.4 Å². The predicted octanol–water partition coefficient (Wildman–Crippen LogP) is 2.70. The van der Waals surface area contributed by atoms with Gasteiger partial charge in [0.1, 0.15) is 0 Å². The monoisotopic (exact) mass is 280 g/mol. The molecule has 1 aromatic heterocycles. The van der Waals surface area contributed by atoms with Crippen molar-refractivity contribution < 1.29 is 13.9 Å². The number of ether oxygens (including phenoxy) is 1. The molecule has 0 fully saturated rings. The van der Waals surface area contributed by atoms with Crippen molar-refractivity contribution in [1.29, 1.82) is 0 Å². The summed E-state index contributed by atoms with van der Waals surface area (Å²) in [6.07, 6.45) is 1.40. The van der Waals surface area contributed by atoms with Crippen molar-refractivity contribution in [3.8, 4) is 5.75 Å². The predicted molar refractivity (Wildman–Crippen MR) is 68.0 cm³/mol. The maximum absolute atomic E-state index is 13.9. The third kappa shape index (κ3) is 3.06. The van der Waals surface area contributed by atoms with E-state index in [9.17, 15) is 9.18 Å². The molecule has 0 saturated heterocycles. The van der Waals surface area contributed by atoms with Gasteiger partial charge in [0.05, 0.1) is 24.8 Å². The lowest BCUT2D eigenvalue weighted by Gasteiger charge is -2.06. The van der Waals surface area contributed by atoms with Crippen LogP contribution in [0.4, 0.5) is 4.39 Å². The highest BCUT2D eigenvalue weighted by molar-refractivity contribution is 6.28. The van der Waals surface area contributed by atoms with Gasteiger partial charge in [-0.2, -0.15) is 0 Å². The van der Waals surface area contributed by atoms with Crippen molar-refractivity contribution >= 4 is 17.4 Å². The Morgan fingerprint density at radius 3 is 2.89 bits per heavy atom. The van der Waals surface area contributed by atoms with Crippen LogP contribution in [0.3, 0.4) is 0 Å². The fraction of sp³-hybridized carbons (Fsp3) is 0.154. The molecule has 0 aliphatic carbocycles. The fourth-order valence-electron chi connectivity index (χ4n) is 1.61. The first-order valence-corrected chi connectivity index (χ1v) is 5.82. The van der Waals surface area contributed by atoms with E-state index in [1.54, 1.807) is 12.1 Å². The van der Waals surface area contributed by atoms with Gasteiger partial charge < -0.3 is 4.74 Å². The molecule has 0 spiro atoms. The van der Waals surface area contributed by atoms with Gasteiger partial charge >= 0.3 is 0 Å². The molecule has 98 valence electrons. The first-order chi connectivity index (χ1) is 9.11. The molecule has 0 aliphatic rings. The number of carbonyl (C=O) groups is 1. The Hall–Kier alpha value is -2.01. The lowest BCUT2D eigenvalue weighted by Crippen LogP contribution is -2.08. The minimum absolute atomic E-state index is 0.0333. The van der Waals surface area contributed by atoms with Crippen LogP contribution in [0, 0.1) is 5.82 Å². The third-order valence-corrected chi connectivity index (χ3v) is 2.69. The van der Waals surface area contributed by atoms with Crippen molar-refractivity contribution in [2.45, 2.75) is 6.42 Å². The molecular weight excluding hydrogens is 271 g/mol. The van der Waals surface area contributed by atoms with Gasteiger partial charge in [-0.15, -0.1) is 0 Å². The largest absolute Gasteiger partial charge is 0.494 e. The van der Waals surface area contributed by atoms with E-state index in [-0.39, 0.29) is 23.0 Å². The molecule has 0 saturated carbocycles. The molecule has 4 nitrogen and oxygen atoms in total. The standard InChI is InChI=1S/C13H10ClFN2O2/c1-19-11-4-2-3-9(12(11)15)10(18)7-8-5-6-16-13(14)17-8/h2-6H,7H2,1H3. The molecule has 0 bridgehead atoms. The molecule has 2 rings (SSSR count). The smallest absolute Gasteiger partial charge is 0.222 e. The molecule has 0 unspecified atom stereocenters. The molecule has 2 aromatic rings. The number of Topliss-reactive ketones (excluding diaryl/α,β-unsaturated/α-hetero) is 1. The van der Waals surface area contributed by atoms with Crippen LogP contribution in [0.1, 0.15) is 16.1 Å². The molecule has 1 heterocycles. The van der Waals surface area contributed by atoms with E-state index in [4.69, 9.17) is 16.3 Å². The second-order valence-electron chi connectivity index (χ2n) is 3.74. The van der Waals surface area contributed by atoms with Crippen LogP contribution in [0.15, 0.2) is 30.5 Å². The van der Waals surface area contributed by atoms with E-state index in [1.807, 2.05) is 0 Å². The Balaban J connectivity index is 2.25. The summed E-state index contributed by atoms with van der Waals surface area (Å²) in [6, 6.07) is 5.97. The zero-order valence-electron chi connectivity index (χ0n) is 10.1. The van der Waals surface area contributed by atoms with Gasteiger partial charge in [0.2, 0.25) is 5.28 Å². The SMILES string of the molecule is COc1cccc(C(=O)Cc2ccnc(Cl)n2)c1F. The summed E-state index contributed by atoms with van der Waals surface area (Å²) in [5.74, 6) is -1.03. The number of halogens is 2. The van der Waals surface area contributed by atoms with E-state index in [0.29, 0.717) is 5.69 Å². The molecule has 0 aliphatic heterocycles. The van der Waals surface area contributed by atoms with Crippen molar-refractivity contribution in [2.75, 3.05) is 7.11 Å². The van der Waals surface area contributed by atoms with Crippen molar-refractivity contribution in [3.05, 3.63) is 52.8 Å². The minimum Gasteiger partial charge on any atom is -0.494 e. The molecule has 1 aromatic carbocycles. The Bertz CT molecular complexity index is 619. The maximum Gasteiger partial charge on any atom is 0.222 e. The molecule has 6 heteroatoms. The lowest BCUT2D eigenvalue weighted by molar-refractivity contribution is 0.0987. The molecule has 0 N–H and O–H groups in total. The first kappa shape index (κ1) is 13.4. The number of hydrogen-bond donors (Lipinski definition) is 0. The number of rotatable bonds is 4. The zero-order chi connectivity index (χ0) is 13.8. The van der Waals surface area contributed by atoms with Crippen LogP contribution >= 0.6 is 11.6 Å². The number of carbonyl (C=O) groups excluding carboxylic acids is 1. The summed E-state index contributed by atoms with van der Waals surface area (Å²) < 4.78 is 18.7. The average molecular weight is 281 g/mol. The van der Waals surface area contributed by atoms with Crippen LogP contribution < -0.4 is 4.74 Å². The number of ketones is 1. The number of hydrogen-bond acceptors (Lipinski definition) is 4. The third-order valence-electron chi connectivity index (χ3n) is 2.51. The summed E-state index contributed by atoms with van der Waals surface area (Å²) in [5.41, 5.74) is 0.404. The van der Waals surface area contributed by atoms with E-state index in [2.05, 4.69) is 9.97 Å². The molecular formula is C13H10ClFN2O2. The highest BCUT2D eigenvalue weighted by Crippen LogP contribution is 2.21. The normalized spacial score (nSPS) is 10.3. The van der Waals surface area contributed by atoms with Gasteiger partial charge in [0.15, 0.2) is 17.3 Å². The second kappa shape index (κ2) is 5.75. The topological polar surface area (TPSA) is 52.1 Å². The van der Waals surface area contributed by atoms with E-state index < -0.39 is 11.6 Å². The van der Waals surface area contributed by atoms with E-state index in [0.717, 1.165) is 0 Å². The summed E-state index contributed by atoms with van der Waals surface area (Å²) in [4.78, 5) is 19.6. The van der Waals surface area contributed by atoms with Gasteiger partial charge in [0.25, 0.3) is 0 Å². The van der Waals surface area contributed by atoms with Crippen molar-refractivity contribution in [2.24, 2.45) is 0 Å². The quantitative estimate of drug-likeness (QED) is 0.638. The van der Waals surface area contributed by atoms with Crippen molar-refractivity contribution in [1.82, 2.24) is 9.97 Å². The molecule has 0 atom stereocenters. The Morgan fingerprint density at radius 1 is 1.42 bits per heavy atom. The van der Waals surface area contributed by atoms with Crippen LogP contribution in [0.5, 0.6) is 5.75 Å².